The zero-order chi connectivity index (χ0) is 15.2. The van der Waals surface area contributed by atoms with Crippen molar-refractivity contribution in [2.24, 2.45) is 0 Å². The van der Waals surface area contributed by atoms with Gasteiger partial charge in [-0.3, -0.25) is 4.98 Å². The van der Waals surface area contributed by atoms with E-state index in [1.54, 1.807) is 6.20 Å². The van der Waals surface area contributed by atoms with Crippen LogP contribution in [0.1, 0.15) is 36.2 Å². The Kier molecular flexibility index (Phi) is 5.39. The zero-order valence-corrected chi connectivity index (χ0v) is 12.4. The Balaban J connectivity index is 2.23. The van der Waals surface area contributed by atoms with Crippen LogP contribution in [0.2, 0.25) is 0 Å². The molecule has 0 saturated carbocycles. The maximum Gasteiger partial charge on any atom is 0.126 e. The van der Waals surface area contributed by atoms with Crippen LogP contribution in [0.25, 0.3) is 0 Å². The Morgan fingerprint density at radius 2 is 1.86 bits per heavy atom. The Bertz CT molecular complexity index is 579. The summed E-state index contributed by atoms with van der Waals surface area (Å²) in [5.74, 6) is -1.09. The van der Waals surface area contributed by atoms with E-state index < -0.39 is 11.6 Å². The molecule has 0 radical (unpaired) electrons. The topological polar surface area (TPSA) is 24.9 Å². The number of rotatable bonds is 6. The SMILES string of the molecule is CCCNC(Cc1cc(F)cc(F)c1)c1cc(C)ccn1. The number of pyridine rings is 1. The molecule has 0 bridgehead atoms. The van der Waals surface area contributed by atoms with E-state index in [2.05, 4.69) is 17.2 Å². The Labute approximate surface area is 124 Å². The van der Waals surface area contributed by atoms with E-state index >= 15 is 0 Å². The van der Waals surface area contributed by atoms with Crippen molar-refractivity contribution in [3.63, 3.8) is 0 Å². The van der Waals surface area contributed by atoms with Crippen LogP contribution in [0.4, 0.5) is 8.78 Å². The molecule has 1 aromatic carbocycles. The van der Waals surface area contributed by atoms with Gasteiger partial charge in [-0.05, 0) is 61.7 Å². The predicted octanol–water partition coefficient (Wildman–Crippen LogP) is 3.95. The molecule has 1 N–H and O–H groups in total. The predicted molar refractivity (Wildman–Crippen MR) is 80.1 cm³/mol. The molecule has 4 heteroatoms. The first-order chi connectivity index (χ1) is 10.1. The van der Waals surface area contributed by atoms with Crippen molar-refractivity contribution >= 4 is 0 Å². The summed E-state index contributed by atoms with van der Waals surface area (Å²) in [6.07, 6.45) is 3.25. The number of aryl methyl sites for hydroxylation is 1. The summed E-state index contributed by atoms with van der Waals surface area (Å²) in [6.45, 7) is 4.91. The molecular formula is C17H20F2N2. The van der Waals surface area contributed by atoms with Crippen molar-refractivity contribution in [3.05, 3.63) is 65.0 Å². The first-order valence-electron chi connectivity index (χ1n) is 7.19. The Morgan fingerprint density at radius 1 is 1.14 bits per heavy atom. The lowest BCUT2D eigenvalue weighted by atomic mass is 10.0. The molecule has 1 atom stereocenters. The number of halogens is 2. The van der Waals surface area contributed by atoms with Crippen molar-refractivity contribution < 1.29 is 8.78 Å². The second-order valence-electron chi connectivity index (χ2n) is 5.25. The van der Waals surface area contributed by atoms with Crippen LogP contribution in [0.15, 0.2) is 36.5 Å². The third-order valence-corrected chi connectivity index (χ3v) is 3.30. The molecule has 0 fully saturated rings. The van der Waals surface area contributed by atoms with Gasteiger partial charge in [0.1, 0.15) is 11.6 Å². The molecule has 2 rings (SSSR count). The molecule has 0 spiro atoms. The van der Waals surface area contributed by atoms with Crippen LogP contribution in [0.3, 0.4) is 0 Å². The van der Waals surface area contributed by atoms with Gasteiger partial charge in [-0.1, -0.05) is 6.92 Å². The summed E-state index contributed by atoms with van der Waals surface area (Å²) in [6, 6.07) is 7.53. The average molecular weight is 290 g/mol. The lowest BCUT2D eigenvalue weighted by molar-refractivity contribution is 0.512. The molecule has 0 aliphatic heterocycles. The largest absolute Gasteiger partial charge is 0.308 e. The standard InChI is InChI=1S/C17H20F2N2/c1-3-5-20-17(16-7-12(2)4-6-21-16)10-13-8-14(18)11-15(19)9-13/h4,6-9,11,17,20H,3,5,10H2,1-2H3. The molecule has 0 aliphatic rings. The molecule has 1 unspecified atom stereocenters. The van der Waals surface area contributed by atoms with Crippen LogP contribution in [-0.2, 0) is 6.42 Å². The van der Waals surface area contributed by atoms with Crippen LogP contribution in [0, 0.1) is 18.6 Å². The molecule has 0 amide bonds. The number of aromatic nitrogens is 1. The van der Waals surface area contributed by atoms with Gasteiger partial charge >= 0.3 is 0 Å². The van der Waals surface area contributed by atoms with Gasteiger partial charge in [-0.25, -0.2) is 8.78 Å². The summed E-state index contributed by atoms with van der Waals surface area (Å²) < 4.78 is 26.6. The molecule has 1 heterocycles. The van der Waals surface area contributed by atoms with E-state index in [1.807, 2.05) is 19.1 Å². The fourth-order valence-electron chi connectivity index (χ4n) is 2.31. The zero-order valence-electron chi connectivity index (χ0n) is 12.4. The van der Waals surface area contributed by atoms with E-state index in [4.69, 9.17) is 0 Å². The fourth-order valence-corrected chi connectivity index (χ4v) is 2.31. The van der Waals surface area contributed by atoms with Crippen LogP contribution in [0.5, 0.6) is 0 Å². The molecular weight excluding hydrogens is 270 g/mol. The van der Waals surface area contributed by atoms with E-state index in [0.717, 1.165) is 30.3 Å². The van der Waals surface area contributed by atoms with Crippen LogP contribution < -0.4 is 5.32 Å². The smallest absolute Gasteiger partial charge is 0.126 e. The number of nitrogens with zero attached hydrogens (tertiary/aromatic N) is 1. The summed E-state index contributed by atoms with van der Waals surface area (Å²) in [7, 11) is 0. The van der Waals surface area contributed by atoms with Crippen LogP contribution in [-0.4, -0.2) is 11.5 Å². The van der Waals surface area contributed by atoms with E-state index in [0.29, 0.717) is 12.0 Å². The minimum Gasteiger partial charge on any atom is -0.308 e. The van der Waals surface area contributed by atoms with Gasteiger partial charge in [0.25, 0.3) is 0 Å². The third kappa shape index (κ3) is 4.60. The summed E-state index contributed by atoms with van der Waals surface area (Å²) in [5.41, 5.74) is 2.64. The molecule has 0 aliphatic carbocycles. The van der Waals surface area contributed by atoms with E-state index in [-0.39, 0.29) is 6.04 Å². The van der Waals surface area contributed by atoms with Gasteiger partial charge in [0.2, 0.25) is 0 Å². The highest BCUT2D eigenvalue weighted by Gasteiger charge is 2.14. The Morgan fingerprint density at radius 3 is 2.48 bits per heavy atom. The molecule has 1 aromatic heterocycles. The fraction of sp³-hybridized carbons (Fsp3) is 0.353. The highest BCUT2D eigenvalue weighted by Crippen LogP contribution is 2.19. The van der Waals surface area contributed by atoms with Gasteiger partial charge in [-0.2, -0.15) is 0 Å². The molecule has 2 aromatic rings. The van der Waals surface area contributed by atoms with Gasteiger partial charge in [0.15, 0.2) is 0 Å². The van der Waals surface area contributed by atoms with Gasteiger partial charge in [-0.15, -0.1) is 0 Å². The second-order valence-corrected chi connectivity index (χ2v) is 5.25. The second kappa shape index (κ2) is 7.27. The maximum atomic E-state index is 13.3. The summed E-state index contributed by atoms with van der Waals surface area (Å²) in [4.78, 5) is 4.38. The van der Waals surface area contributed by atoms with Crippen molar-refractivity contribution in [3.8, 4) is 0 Å². The number of hydrogen-bond acceptors (Lipinski definition) is 2. The lowest BCUT2D eigenvalue weighted by Gasteiger charge is -2.18. The molecule has 112 valence electrons. The van der Waals surface area contributed by atoms with Crippen molar-refractivity contribution in [1.29, 1.82) is 0 Å². The van der Waals surface area contributed by atoms with Crippen LogP contribution >= 0.6 is 0 Å². The molecule has 0 saturated heterocycles. The molecule has 21 heavy (non-hydrogen) atoms. The third-order valence-electron chi connectivity index (χ3n) is 3.30. The van der Waals surface area contributed by atoms with Crippen molar-refractivity contribution in [2.45, 2.75) is 32.7 Å². The molecule has 2 nitrogen and oxygen atoms in total. The summed E-state index contributed by atoms with van der Waals surface area (Å²) >= 11 is 0. The normalized spacial score (nSPS) is 12.4. The van der Waals surface area contributed by atoms with Gasteiger partial charge in [0, 0.05) is 12.3 Å². The minimum atomic E-state index is -0.545. The maximum absolute atomic E-state index is 13.3. The number of benzene rings is 1. The monoisotopic (exact) mass is 290 g/mol. The highest BCUT2D eigenvalue weighted by atomic mass is 19.1. The quantitative estimate of drug-likeness (QED) is 0.871. The Hall–Kier alpha value is -1.81. The highest BCUT2D eigenvalue weighted by molar-refractivity contribution is 5.23. The summed E-state index contributed by atoms with van der Waals surface area (Å²) in [5, 5.41) is 3.39. The van der Waals surface area contributed by atoms with Gasteiger partial charge in [0.05, 0.1) is 11.7 Å². The number of nitrogens with one attached hydrogen (secondary N) is 1. The average Bonchev–Trinajstić information content (AvgIpc) is 2.42. The first-order valence-corrected chi connectivity index (χ1v) is 7.19. The van der Waals surface area contributed by atoms with Gasteiger partial charge < -0.3 is 5.32 Å². The van der Waals surface area contributed by atoms with Crippen molar-refractivity contribution in [2.75, 3.05) is 6.54 Å². The first kappa shape index (κ1) is 15.6. The lowest BCUT2D eigenvalue weighted by Crippen LogP contribution is -2.25. The van der Waals surface area contributed by atoms with Crippen molar-refractivity contribution in [1.82, 2.24) is 10.3 Å². The van der Waals surface area contributed by atoms with E-state index in [1.165, 1.54) is 12.1 Å². The number of hydrogen-bond donors (Lipinski definition) is 1. The minimum absolute atomic E-state index is 0.0500. The van der Waals surface area contributed by atoms with E-state index in [9.17, 15) is 8.78 Å².